The van der Waals surface area contributed by atoms with E-state index >= 15 is 0 Å². The molecule has 32 heavy (non-hydrogen) atoms. The number of ether oxygens (including phenoxy) is 1. The first-order valence-electron chi connectivity index (χ1n) is 9.90. The number of thiol groups is 1. The van der Waals surface area contributed by atoms with Gasteiger partial charge >= 0.3 is 6.09 Å². The number of aromatic nitrogens is 1. The van der Waals surface area contributed by atoms with Crippen molar-refractivity contribution < 1.29 is 17.9 Å². The zero-order chi connectivity index (χ0) is 23.3. The third kappa shape index (κ3) is 6.96. The van der Waals surface area contributed by atoms with Crippen LogP contribution in [0.2, 0.25) is 0 Å². The second kappa shape index (κ2) is 10.0. The lowest BCUT2D eigenvalue weighted by atomic mass is 10.1. The predicted molar refractivity (Wildman–Crippen MR) is 128 cm³/mol. The average Bonchev–Trinajstić information content (AvgIpc) is 3.17. The first-order valence-corrected chi connectivity index (χ1v) is 12.0. The monoisotopic (exact) mass is 474 g/mol. The fourth-order valence-corrected chi connectivity index (χ4v) is 4.22. The van der Waals surface area contributed by atoms with Crippen LogP contribution >= 0.6 is 11.3 Å². The number of anilines is 2. The molecule has 1 amide bonds. The van der Waals surface area contributed by atoms with E-state index in [1.54, 1.807) is 45.0 Å². The highest BCUT2D eigenvalue weighted by atomic mass is 32.2. The molecule has 3 aromatic rings. The number of nitrogen functional groups attached to an aromatic ring is 1. The molecule has 0 bridgehead atoms. The molecule has 1 aromatic heterocycles. The summed E-state index contributed by atoms with van der Waals surface area (Å²) >= 11 is 1.43. The van der Waals surface area contributed by atoms with E-state index in [0.717, 1.165) is 21.8 Å². The lowest BCUT2D eigenvalue weighted by Crippen LogP contribution is -2.35. The van der Waals surface area contributed by atoms with Crippen molar-refractivity contribution in [2.45, 2.75) is 38.8 Å². The van der Waals surface area contributed by atoms with E-state index < -0.39 is 28.6 Å². The van der Waals surface area contributed by atoms with E-state index in [-0.39, 0.29) is 0 Å². The first kappa shape index (κ1) is 23.6. The highest BCUT2D eigenvalue weighted by Gasteiger charge is 2.23. The second-order valence-corrected chi connectivity index (χ2v) is 9.79. The second-order valence-electron chi connectivity index (χ2n) is 8.17. The molecule has 1 heterocycles. The maximum Gasteiger partial charge on any atom is 0.408 e. The van der Waals surface area contributed by atoms with Crippen LogP contribution in [0.4, 0.5) is 16.2 Å². The van der Waals surface area contributed by atoms with E-state index in [2.05, 4.69) is 10.0 Å². The Hall–Kier alpha value is -3.11. The molecule has 10 heteroatoms. The molecule has 1 atom stereocenters. The summed E-state index contributed by atoms with van der Waals surface area (Å²) in [5.41, 5.74) is 8.94. The van der Waals surface area contributed by atoms with Gasteiger partial charge in [0.05, 0.1) is 11.7 Å². The van der Waals surface area contributed by atoms with Crippen molar-refractivity contribution in [2.24, 2.45) is 0 Å². The zero-order valence-corrected chi connectivity index (χ0v) is 19.7. The summed E-state index contributed by atoms with van der Waals surface area (Å²) in [4.78, 5) is 17.2. The third-order valence-electron chi connectivity index (χ3n) is 4.31. The largest absolute Gasteiger partial charge is 0.444 e. The Labute approximate surface area is 192 Å². The Balaban J connectivity index is 1.84. The van der Waals surface area contributed by atoms with Gasteiger partial charge in [-0.05, 0) is 57.0 Å². The summed E-state index contributed by atoms with van der Waals surface area (Å²) in [6.07, 6.45) is -0.0859. The van der Waals surface area contributed by atoms with Crippen molar-refractivity contribution in [3.05, 3.63) is 64.5 Å². The zero-order valence-electron chi connectivity index (χ0n) is 18.0. The lowest BCUT2D eigenvalue weighted by Gasteiger charge is -2.23. The predicted octanol–water partition coefficient (Wildman–Crippen LogP) is 4.14. The van der Waals surface area contributed by atoms with Gasteiger partial charge in [-0.25, -0.2) is 18.2 Å². The van der Waals surface area contributed by atoms with E-state index in [1.807, 2.05) is 29.6 Å². The quantitative estimate of drug-likeness (QED) is 0.301. The molecule has 0 fully saturated rings. The lowest BCUT2D eigenvalue weighted by molar-refractivity contribution is 0.0503. The number of alkyl carbamates (subject to hydrolysis) is 1. The van der Waals surface area contributed by atoms with Gasteiger partial charge in [-0.2, -0.15) is 0 Å². The molecule has 170 valence electrons. The van der Waals surface area contributed by atoms with Crippen molar-refractivity contribution in [1.29, 1.82) is 0 Å². The standard InChI is InChI=1S/C22H26N4O4S2/c1-22(2,3)30-21(27)25-18(11-14-7-9-17(10-8-14)26-32(28)29)20-24-19(13-31-20)15-5-4-6-16(23)12-15/h4-10,12-13,18,32H,11,23H2,1-3H3,(H,25,27)(H,26,28,29)/t18-/m0/s1. The smallest absolute Gasteiger partial charge is 0.408 e. The van der Waals surface area contributed by atoms with Crippen LogP contribution in [0.25, 0.3) is 11.3 Å². The molecule has 0 aliphatic carbocycles. The van der Waals surface area contributed by atoms with Crippen LogP contribution in [0.5, 0.6) is 0 Å². The van der Waals surface area contributed by atoms with Crippen LogP contribution in [-0.2, 0) is 22.0 Å². The number of hydrogen-bond acceptors (Lipinski definition) is 7. The first-order chi connectivity index (χ1) is 15.1. The van der Waals surface area contributed by atoms with Crippen LogP contribution in [0, 0.1) is 0 Å². The molecule has 0 saturated carbocycles. The molecular weight excluding hydrogens is 448 g/mol. The van der Waals surface area contributed by atoms with E-state index in [9.17, 15) is 13.2 Å². The molecule has 0 spiro atoms. The van der Waals surface area contributed by atoms with Crippen LogP contribution < -0.4 is 15.8 Å². The van der Waals surface area contributed by atoms with Gasteiger partial charge in [0.2, 0.25) is 10.9 Å². The third-order valence-corrected chi connectivity index (χ3v) is 5.71. The SMILES string of the molecule is CC(C)(C)OC(=O)N[C@@H](Cc1ccc(N[SH](=O)=O)cc1)c1nc(-c2cccc(N)c2)cs1. The van der Waals surface area contributed by atoms with Crippen LogP contribution in [0.15, 0.2) is 53.9 Å². The number of nitrogens with two attached hydrogens (primary N) is 1. The Bertz CT molecular complexity index is 1140. The van der Waals surface area contributed by atoms with E-state index in [0.29, 0.717) is 17.8 Å². The van der Waals surface area contributed by atoms with Gasteiger partial charge in [-0.15, -0.1) is 11.3 Å². The van der Waals surface area contributed by atoms with Gasteiger partial charge in [-0.3, -0.25) is 4.72 Å². The molecule has 0 aliphatic rings. The maximum absolute atomic E-state index is 12.5. The fourth-order valence-electron chi connectivity index (χ4n) is 2.98. The minimum Gasteiger partial charge on any atom is -0.444 e. The molecule has 0 aliphatic heterocycles. The summed E-state index contributed by atoms with van der Waals surface area (Å²) in [5.74, 6) is 0. The van der Waals surface area contributed by atoms with Gasteiger partial charge in [0.15, 0.2) is 0 Å². The molecule has 4 N–H and O–H groups in total. The van der Waals surface area contributed by atoms with Crippen molar-refractivity contribution in [2.75, 3.05) is 10.5 Å². The van der Waals surface area contributed by atoms with Crippen LogP contribution in [0.1, 0.15) is 37.4 Å². The highest BCUT2D eigenvalue weighted by molar-refractivity contribution is 7.73. The highest BCUT2D eigenvalue weighted by Crippen LogP contribution is 2.29. The van der Waals surface area contributed by atoms with Gasteiger partial charge in [-0.1, -0.05) is 24.3 Å². The number of benzene rings is 2. The Morgan fingerprint density at radius 1 is 1.19 bits per heavy atom. The number of rotatable bonds is 7. The molecule has 0 unspecified atom stereocenters. The summed E-state index contributed by atoms with van der Waals surface area (Å²) in [5, 5.41) is 5.55. The summed E-state index contributed by atoms with van der Waals surface area (Å²) in [6, 6.07) is 14.0. The average molecular weight is 475 g/mol. The van der Waals surface area contributed by atoms with Crippen LogP contribution in [-0.4, -0.2) is 25.1 Å². The Morgan fingerprint density at radius 3 is 2.53 bits per heavy atom. The normalized spacial score (nSPS) is 12.4. The summed E-state index contributed by atoms with van der Waals surface area (Å²) in [6.45, 7) is 5.40. The van der Waals surface area contributed by atoms with Crippen molar-refractivity contribution in [3.63, 3.8) is 0 Å². The summed E-state index contributed by atoms with van der Waals surface area (Å²) < 4.78 is 29.5. The Morgan fingerprint density at radius 2 is 1.91 bits per heavy atom. The van der Waals surface area contributed by atoms with Crippen molar-refractivity contribution in [3.8, 4) is 11.3 Å². The minimum atomic E-state index is -2.73. The molecule has 8 nitrogen and oxygen atoms in total. The van der Waals surface area contributed by atoms with Crippen molar-refractivity contribution in [1.82, 2.24) is 10.3 Å². The molecule has 0 saturated heterocycles. The Kier molecular flexibility index (Phi) is 7.37. The molecular formula is C22H26N4O4S2. The fraction of sp³-hybridized carbons (Fsp3) is 0.273. The number of thiazole rings is 1. The number of amides is 1. The van der Waals surface area contributed by atoms with Gasteiger partial charge in [0, 0.05) is 22.3 Å². The molecule has 0 radical (unpaired) electrons. The van der Waals surface area contributed by atoms with Crippen molar-refractivity contribution >= 4 is 39.7 Å². The number of carbonyl (C=O) groups is 1. The number of nitrogens with zero attached hydrogens (tertiary/aromatic N) is 1. The van der Waals surface area contributed by atoms with E-state index in [4.69, 9.17) is 15.5 Å². The maximum atomic E-state index is 12.5. The minimum absolute atomic E-state index is 0.431. The van der Waals surface area contributed by atoms with Gasteiger partial charge < -0.3 is 15.8 Å². The molecule has 2 aromatic carbocycles. The summed E-state index contributed by atoms with van der Waals surface area (Å²) in [7, 11) is -2.73. The van der Waals surface area contributed by atoms with Crippen LogP contribution in [0.3, 0.4) is 0 Å². The topological polar surface area (TPSA) is 123 Å². The van der Waals surface area contributed by atoms with Gasteiger partial charge in [0.25, 0.3) is 0 Å². The number of carbonyl (C=O) groups excluding carboxylic acids is 1. The number of nitrogens with one attached hydrogen (secondary N) is 2. The molecule has 3 rings (SSSR count). The van der Waals surface area contributed by atoms with E-state index in [1.165, 1.54) is 11.3 Å². The van der Waals surface area contributed by atoms with Gasteiger partial charge in [0.1, 0.15) is 10.6 Å². The number of hydrogen-bond donors (Lipinski definition) is 4.